The second kappa shape index (κ2) is 8.33. The van der Waals surface area contributed by atoms with Crippen LogP contribution in [0.5, 0.6) is 17.2 Å². The number of carbonyl (C=O) groups is 1. The van der Waals surface area contributed by atoms with Crippen molar-refractivity contribution < 1.29 is 24.1 Å². The monoisotopic (exact) mass is 464 g/mol. The van der Waals surface area contributed by atoms with Gasteiger partial charge in [-0.15, -0.1) is 0 Å². The Labute approximate surface area is 195 Å². The summed E-state index contributed by atoms with van der Waals surface area (Å²) in [7, 11) is 2.88. The third-order valence-electron chi connectivity index (χ3n) is 5.94. The van der Waals surface area contributed by atoms with Crippen LogP contribution in [-0.4, -0.2) is 36.0 Å². The second-order valence-electron chi connectivity index (χ2n) is 7.70. The van der Waals surface area contributed by atoms with Crippen molar-refractivity contribution in [3.8, 4) is 17.2 Å². The number of methoxy groups -OCH3 is 2. The predicted molar refractivity (Wildman–Crippen MR) is 124 cm³/mol. The molecule has 2 aliphatic rings. The summed E-state index contributed by atoms with van der Waals surface area (Å²) in [5.41, 5.74) is 3.03. The van der Waals surface area contributed by atoms with Crippen LogP contribution in [0.1, 0.15) is 45.7 Å². The summed E-state index contributed by atoms with van der Waals surface area (Å²) >= 11 is 6.46. The fourth-order valence-corrected chi connectivity index (χ4v) is 4.71. The minimum atomic E-state index is -1.14. The van der Waals surface area contributed by atoms with Crippen molar-refractivity contribution in [2.24, 2.45) is 5.10 Å². The molecule has 7 nitrogen and oxygen atoms in total. The number of para-hydroxylation sites is 1. The Morgan fingerprint density at radius 2 is 1.82 bits per heavy atom. The van der Waals surface area contributed by atoms with Crippen molar-refractivity contribution in [1.29, 1.82) is 0 Å². The summed E-state index contributed by atoms with van der Waals surface area (Å²) in [6, 6.07) is 18.5. The summed E-state index contributed by atoms with van der Waals surface area (Å²) in [5, 5.41) is 17.4. The van der Waals surface area contributed by atoms with Gasteiger partial charge in [0.15, 0.2) is 11.5 Å². The molecule has 0 aliphatic carbocycles. The van der Waals surface area contributed by atoms with Gasteiger partial charge in [-0.3, -0.25) is 0 Å². The molecule has 168 valence electrons. The minimum absolute atomic E-state index is 0.0265. The lowest BCUT2D eigenvalue weighted by Gasteiger charge is -2.38. The summed E-state index contributed by atoms with van der Waals surface area (Å²) in [5.74, 6) is 0.00356. The molecule has 5 rings (SSSR count). The summed E-state index contributed by atoms with van der Waals surface area (Å²) in [6.45, 7) is 0. The second-order valence-corrected chi connectivity index (χ2v) is 8.11. The number of rotatable bonds is 5. The van der Waals surface area contributed by atoms with Gasteiger partial charge in [0, 0.05) is 28.1 Å². The molecule has 0 saturated carbocycles. The van der Waals surface area contributed by atoms with Crippen LogP contribution in [0.3, 0.4) is 0 Å². The molecule has 1 N–H and O–H groups in total. The van der Waals surface area contributed by atoms with Gasteiger partial charge in [-0.2, -0.15) is 5.10 Å². The average Bonchev–Trinajstić information content (AvgIpc) is 3.28. The molecule has 0 saturated heterocycles. The van der Waals surface area contributed by atoms with Crippen LogP contribution in [0.25, 0.3) is 0 Å². The Balaban J connectivity index is 1.68. The first-order valence-electron chi connectivity index (χ1n) is 10.4. The third kappa shape index (κ3) is 3.45. The van der Waals surface area contributed by atoms with Gasteiger partial charge >= 0.3 is 5.97 Å². The van der Waals surface area contributed by atoms with Gasteiger partial charge in [-0.05, 0) is 24.3 Å². The highest BCUT2D eigenvalue weighted by Gasteiger charge is 2.43. The van der Waals surface area contributed by atoms with E-state index < -0.39 is 12.2 Å². The molecule has 0 fully saturated rings. The summed E-state index contributed by atoms with van der Waals surface area (Å²) in [4.78, 5) is 12.3. The minimum Gasteiger partial charge on any atom is -0.493 e. The van der Waals surface area contributed by atoms with E-state index in [0.29, 0.717) is 28.5 Å². The van der Waals surface area contributed by atoms with Gasteiger partial charge in [0.1, 0.15) is 11.3 Å². The maximum Gasteiger partial charge on any atom is 0.340 e. The van der Waals surface area contributed by atoms with Crippen LogP contribution in [0, 0.1) is 0 Å². The molecule has 0 amide bonds. The van der Waals surface area contributed by atoms with E-state index in [0.717, 1.165) is 16.8 Å². The highest BCUT2D eigenvalue weighted by molar-refractivity contribution is 6.34. The standard InChI is InChI=1S/C25H21ClN2O5/c1-31-21-12-11-16(22(25(29)30)23(21)32-2)24-28-19(15-8-4-6-10-20(15)33-24)13-18(27-28)14-7-3-5-9-17(14)26/h3-12,19,24H,13H2,1-2H3,(H,29,30)/t19-,24+/m0/s1. The highest BCUT2D eigenvalue weighted by Crippen LogP contribution is 2.49. The number of aromatic carboxylic acids is 1. The number of fused-ring (bicyclic) bond motifs is 3. The van der Waals surface area contributed by atoms with E-state index in [4.69, 9.17) is 30.9 Å². The zero-order valence-corrected chi connectivity index (χ0v) is 18.7. The quantitative estimate of drug-likeness (QED) is 0.552. The molecule has 0 aromatic heterocycles. The molecular formula is C25H21ClN2O5. The Bertz CT molecular complexity index is 1280. The van der Waals surface area contributed by atoms with E-state index >= 15 is 0 Å². The Morgan fingerprint density at radius 3 is 2.55 bits per heavy atom. The van der Waals surface area contributed by atoms with Gasteiger partial charge in [-0.25, -0.2) is 9.80 Å². The van der Waals surface area contributed by atoms with Crippen LogP contribution in [0.4, 0.5) is 0 Å². The molecule has 0 spiro atoms. The number of carboxylic acids is 1. The molecule has 33 heavy (non-hydrogen) atoms. The first-order chi connectivity index (χ1) is 16.0. The third-order valence-corrected chi connectivity index (χ3v) is 6.27. The number of nitrogens with zero attached hydrogens (tertiary/aromatic N) is 2. The van der Waals surface area contributed by atoms with Crippen LogP contribution in [0.15, 0.2) is 65.8 Å². The van der Waals surface area contributed by atoms with Gasteiger partial charge in [-0.1, -0.05) is 48.0 Å². The SMILES string of the molecule is COc1ccc([C@H]2Oc3ccccc3[C@@H]3CC(c4ccccc4Cl)=NN23)c(C(=O)O)c1OC. The van der Waals surface area contributed by atoms with E-state index in [1.54, 1.807) is 12.1 Å². The number of hydrogen-bond acceptors (Lipinski definition) is 6. The smallest absolute Gasteiger partial charge is 0.340 e. The van der Waals surface area contributed by atoms with E-state index in [1.165, 1.54) is 14.2 Å². The van der Waals surface area contributed by atoms with Crippen LogP contribution < -0.4 is 14.2 Å². The number of ether oxygens (including phenoxy) is 3. The van der Waals surface area contributed by atoms with E-state index in [-0.39, 0.29) is 17.4 Å². The lowest BCUT2D eigenvalue weighted by molar-refractivity contribution is -0.0199. The summed E-state index contributed by atoms with van der Waals surface area (Å²) in [6.07, 6.45) is -0.174. The van der Waals surface area contributed by atoms with Crippen molar-refractivity contribution in [3.63, 3.8) is 0 Å². The highest BCUT2D eigenvalue weighted by atomic mass is 35.5. The number of halogens is 1. The Hall–Kier alpha value is -3.71. The zero-order chi connectivity index (χ0) is 23.1. The Kier molecular flexibility index (Phi) is 5.34. The van der Waals surface area contributed by atoms with E-state index in [2.05, 4.69) is 0 Å². The largest absolute Gasteiger partial charge is 0.493 e. The van der Waals surface area contributed by atoms with Crippen molar-refractivity contribution in [2.45, 2.75) is 18.7 Å². The van der Waals surface area contributed by atoms with Crippen LogP contribution in [0.2, 0.25) is 5.02 Å². The van der Waals surface area contributed by atoms with Crippen molar-refractivity contribution >= 4 is 23.3 Å². The topological polar surface area (TPSA) is 80.6 Å². The fraction of sp³-hybridized carbons (Fsp3) is 0.200. The molecule has 3 aromatic rings. The molecule has 2 heterocycles. The van der Waals surface area contributed by atoms with Crippen molar-refractivity contribution in [1.82, 2.24) is 5.01 Å². The maximum atomic E-state index is 12.3. The average molecular weight is 465 g/mol. The van der Waals surface area contributed by atoms with Gasteiger partial charge in [0.25, 0.3) is 0 Å². The molecule has 2 atom stereocenters. The fourth-order valence-electron chi connectivity index (χ4n) is 4.47. The normalized spacial score (nSPS) is 18.6. The molecule has 8 heteroatoms. The molecule has 0 bridgehead atoms. The van der Waals surface area contributed by atoms with E-state index in [9.17, 15) is 9.90 Å². The van der Waals surface area contributed by atoms with E-state index in [1.807, 2.05) is 53.5 Å². The Morgan fingerprint density at radius 1 is 1.06 bits per heavy atom. The molecule has 2 aliphatic heterocycles. The maximum absolute atomic E-state index is 12.3. The van der Waals surface area contributed by atoms with Crippen molar-refractivity contribution in [2.75, 3.05) is 14.2 Å². The lowest BCUT2D eigenvalue weighted by atomic mass is 9.95. The first kappa shape index (κ1) is 21.2. The molecule has 3 aromatic carbocycles. The molecule has 0 unspecified atom stereocenters. The number of carboxylic acid groups (broad SMARTS) is 1. The van der Waals surface area contributed by atoms with Crippen molar-refractivity contribution in [3.05, 3.63) is 87.9 Å². The lowest BCUT2D eigenvalue weighted by Crippen LogP contribution is -2.34. The van der Waals surface area contributed by atoms with Gasteiger partial charge in [0.2, 0.25) is 6.23 Å². The predicted octanol–water partition coefficient (Wildman–Crippen LogP) is 5.30. The number of hydrazone groups is 1. The first-order valence-corrected chi connectivity index (χ1v) is 10.8. The number of benzene rings is 3. The summed E-state index contributed by atoms with van der Waals surface area (Å²) < 4.78 is 17.1. The molecular weight excluding hydrogens is 444 g/mol. The number of hydrogen-bond donors (Lipinski definition) is 1. The van der Waals surface area contributed by atoms with Gasteiger partial charge < -0.3 is 19.3 Å². The van der Waals surface area contributed by atoms with Crippen LogP contribution in [-0.2, 0) is 0 Å². The zero-order valence-electron chi connectivity index (χ0n) is 18.0. The van der Waals surface area contributed by atoms with Crippen LogP contribution >= 0.6 is 11.6 Å². The molecule has 0 radical (unpaired) electrons. The van der Waals surface area contributed by atoms with Gasteiger partial charge in [0.05, 0.1) is 26.0 Å².